The summed E-state index contributed by atoms with van der Waals surface area (Å²) < 4.78 is 0. The van der Waals surface area contributed by atoms with Gasteiger partial charge >= 0.3 is 0 Å². The summed E-state index contributed by atoms with van der Waals surface area (Å²) in [7, 11) is 0. The molecule has 0 saturated carbocycles. The van der Waals surface area contributed by atoms with Crippen LogP contribution in [0.2, 0.25) is 0 Å². The van der Waals surface area contributed by atoms with E-state index in [1.54, 1.807) is 12.1 Å². The third kappa shape index (κ3) is 3.22. The number of aromatic hydroxyl groups is 1. The van der Waals surface area contributed by atoms with E-state index >= 15 is 0 Å². The first-order chi connectivity index (χ1) is 7.84. The van der Waals surface area contributed by atoms with E-state index < -0.39 is 0 Å². The summed E-state index contributed by atoms with van der Waals surface area (Å²) in [6.45, 7) is 2.82. The van der Waals surface area contributed by atoms with Crippen molar-refractivity contribution < 1.29 is 5.11 Å². The highest BCUT2D eigenvalue weighted by Gasteiger charge is 2.05. The first kappa shape index (κ1) is 10.9. The normalized spacial score (nSPS) is 14.6. The molecule has 86 valence electrons. The van der Waals surface area contributed by atoms with Crippen LogP contribution in [0.25, 0.3) is 0 Å². The minimum absolute atomic E-state index is 0.334. The quantitative estimate of drug-likeness (QED) is 0.773. The number of hydrogen-bond donors (Lipinski definition) is 1. The first-order valence-corrected chi connectivity index (χ1v) is 5.75. The predicted molar refractivity (Wildman–Crippen MR) is 62.3 cm³/mol. The van der Waals surface area contributed by atoms with Gasteiger partial charge in [-0.2, -0.15) is 5.11 Å². The Kier molecular flexibility index (Phi) is 3.75. The second-order valence-corrected chi connectivity index (χ2v) is 4.03. The summed E-state index contributed by atoms with van der Waals surface area (Å²) in [5.41, 5.74) is 1.28. The van der Waals surface area contributed by atoms with E-state index in [9.17, 15) is 0 Å². The van der Waals surface area contributed by atoms with Gasteiger partial charge in [0.25, 0.3) is 0 Å². The van der Waals surface area contributed by atoms with Crippen molar-refractivity contribution in [1.82, 2.24) is 5.01 Å². The second kappa shape index (κ2) is 5.49. The molecule has 0 atom stereocenters. The van der Waals surface area contributed by atoms with Gasteiger partial charge in [0.2, 0.25) is 0 Å². The molecule has 0 amide bonds. The van der Waals surface area contributed by atoms with E-state index in [1.165, 1.54) is 5.56 Å². The van der Waals surface area contributed by atoms with Gasteiger partial charge in [0, 0.05) is 6.54 Å². The van der Waals surface area contributed by atoms with Gasteiger partial charge in [-0.1, -0.05) is 17.4 Å². The van der Waals surface area contributed by atoms with Crippen LogP contribution in [0, 0.1) is 0 Å². The molecule has 0 bridgehead atoms. The average molecular weight is 219 g/mol. The number of phenolic OH excluding ortho intramolecular Hbond substituents is 1. The van der Waals surface area contributed by atoms with Crippen molar-refractivity contribution >= 4 is 0 Å². The lowest BCUT2D eigenvalue weighted by Crippen LogP contribution is -2.16. The van der Waals surface area contributed by atoms with Gasteiger partial charge in [-0.05, 0) is 37.0 Å². The molecule has 0 radical (unpaired) electrons. The van der Waals surface area contributed by atoms with Gasteiger partial charge in [-0.15, -0.1) is 0 Å². The Morgan fingerprint density at radius 1 is 1.19 bits per heavy atom. The lowest BCUT2D eigenvalue weighted by atomic mass is 10.1. The van der Waals surface area contributed by atoms with E-state index in [1.807, 2.05) is 17.1 Å². The fourth-order valence-corrected chi connectivity index (χ4v) is 1.78. The molecule has 0 aromatic heterocycles. The van der Waals surface area contributed by atoms with Crippen molar-refractivity contribution in [2.24, 2.45) is 10.3 Å². The molecule has 0 aliphatic carbocycles. The number of rotatable bonds is 5. The Labute approximate surface area is 95.6 Å². The summed E-state index contributed by atoms with van der Waals surface area (Å²) in [6.07, 6.45) is 3.35. The highest BCUT2D eigenvalue weighted by molar-refractivity contribution is 5.25. The Morgan fingerprint density at radius 3 is 2.69 bits per heavy atom. The molecule has 1 aromatic carbocycles. The molecular weight excluding hydrogens is 202 g/mol. The van der Waals surface area contributed by atoms with Crippen LogP contribution in [0.4, 0.5) is 0 Å². The van der Waals surface area contributed by atoms with Crippen LogP contribution < -0.4 is 0 Å². The fourth-order valence-electron chi connectivity index (χ4n) is 1.78. The maximum absolute atomic E-state index is 9.14. The topological polar surface area (TPSA) is 48.2 Å². The van der Waals surface area contributed by atoms with Crippen LogP contribution in [0.3, 0.4) is 0 Å². The Bertz CT molecular complexity index is 348. The average Bonchev–Trinajstić information content (AvgIpc) is 2.80. The maximum Gasteiger partial charge on any atom is 0.115 e. The Morgan fingerprint density at radius 2 is 2.00 bits per heavy atom. The zero-order valence-electron chi connectivity index (χ0n) is 9.34. The molecule has 16 heavy (non-hydrogen) atoms. The molecule has 0 unspecified atom stereocenters. The molecule has 0 saturated heterocycles. The number of nitrogens with zero attached hydrogens (tertiary/aromatic N) is 3. The molecule has 1 aliphatic rings. The van der Waals surface area contributed by atoms with Gasteiger partial charge in [0.1, 0.15) is 5.75 Å². The minimum Gasteiger partial charge on any atom is -0.508 e. The predicted octanol–water partition coefficient (Wildman–Crippen LogP) is 2.40. The molecule has 1 heterocycles. The van der Waals surface area contributed by atoms with Crippen LogP contribution in [0.5, 0.6) is 5.75 Å². The molecular formula is C12H17N3O. The zero-order chi connectivity index (χ0) is 11.2. The third-order valence-electron chi connectivity index (χ3n) is 2.72. The fraction of sp³-hybridized carbons (Fsp3) is 0.500. The number of benzene rings is 1. The molecule has 0 spiro atoms. The number of hydrogen-bond acceptors (Lipinski definition) is 4. The maximum atomic E-state index is 9.14. The highest BCUT2D eigenvalue weighted by Crippen LogP contribution is 2.12. The first-order valence-electron chi connectivity index (χ1n) is 5.75. The van der Waals surface area contributed by atoms with Crippen molar-refractivity contribution in [1.29, 1.82) is 0 Å². The molecule has 1 aromatic rings. The molecule has 0 fully saturated rings. The standard InChI is InChI=1S/C12H17N3O/c16-12-6-4-11(5-7-12)3-1-2-9-15-10-8-13-14-15/h4-7,16H,1-3,8-10H2. The van der Waals surface area contributed by atoms with Crippen LogP contribution in [-0.4, -0.2) is 29.7 Å². The van der Waals surface area contributed by atoms with E-state index in [2.05, 4.69) is 10.3 Å². The Balaban J connectivity index is 1.64. The van der Waals surface area contributed by atoms with Crippen LogP contribution in [-0.2, 0) is 6.42 Å². The molecule has 1 aliphatic heterocycles. The van der Waals surface area contributed by atoms with Crippen LogP contribution in [0.1, 0.15) is 18.4 Å². The van der Waals surface area contributed by atoms with Crippen molar-refractivity contribution in [3.8, 4) is 5.75 Å². The Hall–Kier alpha value is -1.58. The molecule has 2 rings (SSSR count). The van der Waals surface area contributed by atoms with Crippen molar-refractivity contribution in [3.63, 3.8) is 0 Å². The van der Waals surface area contributed by atoms with Crippen molar-refractivity contribution in [3.05, 3.63) is 29.8 Å². The minimum atomic E-state index is 0.334. The van der Waals surface area contributed by atoms with Crippen molar-refractivity contribution in [2.75, 3.05) is 19.6 Å². The summed E-state index contributed by atoms with van der Waals surface area (Å²) in [5, 5.41) is 19.1. The van der Waals surface area contributed by atoms with Gasteiger partial charge in [-0.25, -0.2) is 0 Å². The zero-order valence-corrected chi connectivity index (χ0v) is 9.34. The number of phenols is 1. The SMILES string of the molecule is Oc1ccc(CCCCN2CCN=N2)cc1. The van der Waals surface area contributed by atoms with E-state index in [0.717, 1.165) is 38.9 Å². The highest BCUT2D eigenvalue weighted by atomic mass is 16.3. The monoisotopic (exact) mass is 219 g/mol. The largest absolute Gasteiger partial charge is 0.508 e. The molecule has 4 heteroatoms. The second-order valence-electron chi connectivity index (χ2n) is 4.03. The van der Waals surface area contributed by atoms with E-state index in [4.69, 9.17) is 5.11 Å². The van der Waals surface area contributed by atoms with E-state index in [0.29, 0.717) is 5.75 Å². The lowest BCUT2D eigenvalue weighted by Gasteiger charge is -2.10. The summed E-state index contributed by atoms with van der Waals surface area (Å²) >= 11 is 0. The third-order valence-corrected chi connectivity index (χ3v) is 2.72. The lowest BCUT2D eigenvalue weighted by molar-refractivity contribution is 0.311. The van der Waals surface area contributed by atoms with Gasteiger partial charge in [0.15, 0.2) is 0 Å². The van der Waals surface area contributed by atoms with E-state index in [-0.39, 0.29) is 0 Å². The smallest absolute Gasteiger partial charge is 0.115 e. The summed E-state index contributed by atoms with van der Waals surface area (Å²) in [6, 6.07) is 7.43. The van der Waals surface area contributed by atoms with Gasteiger partial charge < -0.3 is 5.11 Å². The number of aryl methyl sites for hydroxylation is 1. The summed E-state index contributed by atoms with van der Waals surface area (Å²) in [4.78, 5) is 0. The number of unbranched alkanes of at least 4 members (excludes halogenated alkanes) is 1. The summed E-state index contributed by atoms with van der Waals surface area (Å²) in [5.74, 6) is 0.334. The van der Waals surface area contributed by atoms with Crippen molar-refractivity contribution in [2.45, 2.75) is 19.3 Å². The van der Waals surface area contributed by atoms with Gasteiger partial charge in [-0.3, -0.25) is 5.01 Å². The molecule has 4 nitrogen and oxygen atoms in total. The van der Waals surface area contributed by atoms with Crippen LogP contribution in [0.15, 0.2) is 34.6 Å². The van der Waals surface area contributed by atoms with Crippen LogP contribution >= 0.6 is 0 Å². The van der Waals surface area contributed by atoms with Gasteiger partial charge in [0.05, 0.1) is 13.1 Å². The molecule has 1 N–H and O–H groups in total.